The first kappa shape index (κ1) is 12.4. The molecule has 0 N–H and O–H groups in total. The maximum Gasteiger partial charge on any atom is 0.103 e. The van der Waals surface area contributed by atoms with E-state index in [2.05, 4.69) is 33.0 Å². The van der Waals surface area contributed by atoms with Crippen molar-refractivity contribution in [3.8, 4) is 6.07 Å². The van der Waals surface area contributed by atoms with Gasteiger partial charge in [-0.05, 0) is 40.9 Å². The second kappa shape index (κ2) is 6.07. The van der Waals surface area contributed by atoms with Gasteiger partial charge < -0.3 is 4.90 Å². The number of nitrogens with zero attached hydrogens (tertiary/aromatic N) is 2. The highest BCUT2D eigenvalue weighted by molar-refractivity contribution is 9.10. The van der Waals surface area contributed by atoms with Crippen molar-refractivity contribution in [3.63, 3.8) is 0 Å². The molecule has 17 heavy (non-hydrogen) atoms. The summed E-state index contributed by atoms with van der Waals surface area (Å²) in [6.07, 6.45) is 6.45. The van der Waals surface area contributed by atoms with E-state index in [1.807, 2.05) is 12.1 Å². The lowest BCUT2D eigenvalue weighted by molar-refractivity contribution is 0.556. The highest BCUT2D eigenvalue weighted by Crippen LogP contribution is 2.28. The van der Waals surface area contributed by atoms with E-state index in [4.69, 9.17) is 0 Å². The van der Waals surface area contributed by atoms with Crippen molar-refractivity contribution >= 4 is 21.6 Å². The molecule has 1 aliphatic rings. The molecule has 0 aromatic heterocycles. The molecule has 2 rings (SSSR count). The predicted molar refractivity (Wildman–Crippen MR) is 74.2 cm³/mol. The summed E-state index contributed by atoms with van der Waals surface area (Å²) in [6, 6.07) is 8.32. The SMILES string of the molecule is N#Cc1c(Br)cccc1N1CCCCCCC1. The monoisotopic (exact) mass is 292 g/mol. The van der Waals surface area contributed by atoms with Gasteiger partial charge in [0, 0.05) is 17.6 Å². The number of benzene rings is 1. The van der Waals surface area contributed by atoms with Gasteiger partial charge in [-0.1, -0.05) is 25.3 Å². The van der Waals surface area contributed by atoms with Crippen LogP contribution in [0.15, 0.2) is 22.7 Å². The highest BCUT2D eigenvalue weighted by atomic mass is 79.9. The fourth-order valence-electron chi connectivity index (χ4n) is 2.38. The molecule has 1 fully saturated rings. The van der Waals surface area contributed by atoms with Crippen LogP contribution >= 0.6 is 15.9 Å². The van der Waals surface area contributed by atoms with E-state index < -0.39 is 0 Å². The molecule has 0 saturated carbocycles. The molecule has 0 spiro atoms. The molecule has 0 amide bonds. The minimum Gasteiger partial charge on any atom is -0.370 e. The quantitative estimate of drug-likeness (QED) is 0.779. The summed E-state index contributed by atoms with van der Waals surface area (Å²) in [5.74, 6) is 0. The lowest BCUT2D eigenvalue weighted by Crippen LogP contribution is -2.27. The van der Waals surface area contributed by atoms with Crippen molar-refractivity contribution in [1.82, 2.24) is 0 Å². The molecule has 3 heteroatoms. The van der Waals surface area contributed by atoms with Crippen LogP contribution in [0.3, 0.4) is 0 Å². The van der Waals surface area contributed by atoms with Crippen LogP contribution in [0.2, 0.25) is 0 Å². The summed E-state index contributed by atoms with van der Waals surface area (Å²) >= 11 is 3.46. The number of rotatable bonds is 1. The fourth-order valence-corrected chi connectivity index (χ4v) is 2.82. The van der Waals surface area contributed by atoms with Crippen LogP contribution in [-0.4, -0.2) is 13.1 Å². The Morgan fingerprint density at radius 3 is 2.35 bits per heavy atom. The molecule has 0 bridgehead atoms. The first-order chi connectivity index (χ1) is 8.33. The van der Waals surface area contributed by atoms with E-state index in [1.165, 1.54) is 32.1 Å². The third-order valence-corrected chi connectivity index (χ3v) is 3.96. The third-order valence-electron chi connectivity index (χ3n) is 3.30. The van der Waals surface area contributed by atoms with Crippen molar-refractivity contribution in [2.24, 2.45) is 0 Å². The van der Waals surface area contributed by atoms with Gasteiger partial charge in [-0.3, -0.25) is 0 Å². The zero-order chi connectivity index (χ0) is 12.1. The molecule has 2 nitrogen and oxygen atoms in total. The number of hydrogen-bond acceptors (Lipinski definition) is 2. The number of hydrogen-bond donors (Lipinski definition) is 0. The second-order valence-electron chi connectivity index (χ2n) is 4.50. The van der Waals surface area contributed by atoms with Gasteiger partial charge in [-0.2, -0.15) is 5.26 Å². The number of nitriles is 1. The summed E-state index contributed by atoms with van der Waals surface area (Å²) in [5.41, 5.74) is 1.86. The average molecular weight is 293 g/mol. The standard InChI is InChI=1S/C14H17BrN2/c15-13-7-6-8-14(12(13)11-16)17-9-4-2-1-3-5-10-17/h6-8H,1-5,9-10H2. The Hall–Kier alpha value is -1.01. The molecular weight excluding hydrogens is 276 g/mol. The summed E-state index contributed by atoms with van der Waals surface area (Å²) in [6.45, 7) is 2.15. The Kier molecular flexibility index (Phi) is 4.44. The molecule has 1 aromatic carbocycles. The van der Waals surface area contributed by atoms with Crippen LogP contribution in [-0.2, 0) is 0 Å². The molecule has 90 valence electrons. The van der Waals surface area contributed by atoms with E-state index >= 15 is 0 Å². The summed E-state index contributed by atoms with van der Waals surface area (Å²) in [4.78, 5) is 2.36. The number of anilines is 1. The minimum atomic E-state index is 0.771. The van der Waals surface area contributed by atoms with Crippen molar-refractivity contribution in [1.29, 1.82) is 5.26 Å². The van der Waals surface area contributed by atoms with Gasteiger partial charge in [0.1, 0.15) is 6.07 Å². The van der Waals surface area contributed by atoms with Crippen LogP contribution in [0.25, 0.3) is 0 Å². The maximum atomic E-state index is 9.25. The zero-order valence-electron chi connectivity index (χ0n) is 9.95. The van der Waals surface area contributed by atoms with E-state index in [0.717, 1.165) is 28.8 Å². The second-order valence-corrected chi connectivity index (χ2v) is 5.35. The lowest BCUT2D eigenvalue weighted by Gasteiger charge is -2.27. The van der Waals surface area contributed by atoms with Crippen LogP contribution in [0.4, 0.5) is 5.69 Å². The lowest BCUT2D eigenvalue weighted by atomic mass is 10.1. The smallest absolute Gasteiger partial charge is 0.103 e. The molecule has 0 aliphatic carbocycles. The largest absolute Gasteiger partial charge is 0.370 e. The molecular formula is C14H17BrN2. The van der Waals surface area contributed by atoms with E-state index in [1.54, 1.807) is 0 Å². The third kappa shape index (κ3) is 3.01. The first-order valence-electron chi connectivity index (χ1n) is 6.26. The topological polar surface area (TPSA) is 27.0 Å². The summed E-state index contributed by atoms with van der Waals surface area (Å²) in [7, 11) is 0. The highest BCUT2D eigenvalue weighted by Gasteiger charge is 2.14. The van der Waals surface area contributed by atoms with E-state index in [-0.39, 0.29) is 0 Å². The fraction of sp³-hybridized carbons (Fsp3) is 0.500. The molecule has 1 aliphatic heterocycles. The summed E-state index contributed by atoms with van der Waals surface area (Å²) < 4.78 is 0.902. The maximum absolute atomic E-state index is 9.25. The van der Waals surface area contributed by atoms with Crippen LogP contribution < -0.4 is 4.90 Å². The predicted octanol–water partition coefficient (Wildman–Crippen LogP) is 4.09. The van der Waals surface area contributed by atoms with Gasteiger partial charge in [-0.25, -0.2) is 0 Å². The summed E-state index contributed by atoms with van der Waals surface area (Å²) in [5, 5.41) is 9.25. The van der Waals surface area contributed by atoms with E-state index in [9.17, 15) is 5.26 Å². The van der Waals surface area contributed by atoms with Crippen molar-refractivity contribution < 1.29 is 0 Å². The van der Waals surface area contributed by atoms with Gasteiger partial charge in [-0.15, -0.1) is 0 Å². The molecule has 0 atom stereocenters. The molecule has 1 saturated heterocycles. The molecule has 1 heterocycles. The Labute approximate surface area is 111 Å². The minimum absolute atomic E-state index is 0.771. The average Bonchev–Trinajstić information content (AvgIpc) is 2.28. The molecule has 0 radical (unpaired) electrons. The van der Waals surface area contributed by atoms with Gasteiger partial charge >= 0.3 is 0 Å². The van der Waals surface area contributed by atoms with Crippen LogP contribution in [0, 0.1) is 11.3 Å². The van der Waals surface area contributed by atoms with Crippen molar-refractivity contribution in [3.05, 3.63) is 28.2 Å². The van der Waals surface area contributed by atoms with Gasteiger partial charge in [0.15, 0.2) is 0 Å². The van der Waals surface area contributed by atoms with Crippen molar-refractivity contribution in [2.75, 3.05) is 18.0 Å². The number of halogens is 1. The van der Waals surface area contributed by atoms with Crippen LogP contribution in [0.1, 0.15) is 37.7 Å². The van der Waals surface area contributed by atoms with Crippen molar-refractivity contribution in [2.45, 2.75) is 32.1 Å². The Balaban J connectivity index is 2.25. The Bertz CT molecular complexity index is 415. The van der Waals surface area contributed by atoms with Gasteiger partial charge in [0.05, 0.1) is 11.3 Å². The molecule has 1 aromatic rings. The Morgan fingerprint density at radius 2 is 1.71 bits per heavy atom. The van der Waals surface area contributed by atoms with E-state index in [0.29, 0.717) is 0 Å². The normalized spacial score (nSPS) is 17.1. The molecule has 0 unspecified atom stereocenters. The van der Waals surface area contributed by atoms with Gasteiger partial charge in [0.2, 0.25) is 0 Å². The zero-order valence-corrected chi connectivity index (χ0v) is 11.5. The Morgan fingerprint density at radius 1 is 1.06 bits per heavy atom. The van der Waals surface area contributed by atoms with Crippen LogP contribution in [0.5, 0.6) is 0 Å². The first-order valence-corrected chi connectivity index (χ1v) is 7.06. The van der Waals surface area contributed by atoms with Gasteiger partial charge in [0.25, 0.3) is 0 Å².